The molecule has 0 saturated heterocycles. The van der Waals surface area contributed by atoms with Crippen LogP contribution in [0.4, 0.5) is 0 Å². The van der Waals surface area contributed by atoms with Crippen molar-refractivity contribution in [1.29, 1.82) is 0 Å². The van der Waals surface area contributed by atoms with Gasteiger partial charge in [0.15, 0.2) is 5.43 Å². The zero-order chi connectivity index (χ0) is 14.0. The molecule has 0 atom stereocenters. The minimum absolute atomic E-state index is 0.0226. The number of hydrogen-bond donors (Lipinski definition) is 1. The Labute approximate surface area is 110 Å². The van der Waals surface area contributed by atoms with Crippen LogP contribution in [0.2, 0.25) is 0 Å². The van der Waals surface area contributed by atoms with Crippen LogP contribution in [0.25, 0.3) is 11.0 Å². The Kier molecular flexibility index (Phi) is 3.59. The van der Waals surface area contributed by atoms with Crippen molar-refractivity contribution in [3.63, 3.8) is 0 Å². The van der Waals surface area contributed by atoms with E-state index >= 15 is 0 Å². The van der Waals surface area contributed by atoms with E-state index < -0.39 is 10.3 Å². The third-order valence-electron chi connectivity index (χ3n) is 2.46. The van der Waals surface area contributed by atoms with Gasteiger partial charge in [-0.05, 0) is 24.6 Å². The molecule has 102 valence electrons. The maximum atomic E-state index is 11.9. The summed E-state index contributed by atoms with van der Waals surface area (Å²) in [5.41, 5.74) is 0.141. The lowest BCUT2D eigenvalue weighted by atomic mass is 10.2. The zero-order valence-corrected chi connectivity index (χ0v) is 11.1. The molecular weight excluding hydrogens is 270 g/mol. The van der Waals surface area contributed by atoms with Gasteiger partial charge >= 0.3 is 10.3 Å². The lowest BCUT2D eigenvalue weighted by molar-refractivity contribution is 0.487. The summed E-state index contributed by atoms with van der Waals surface area (Å²) in [5.74, 6) is 0.575. The van der Waals surface area contributed by atoms with Crippen molar-refractivity contribution in [3.8, 4) is 5.75 Å². The molecule has 0 aliphatic carbocycles. The molecule has 2 aromatic rings. The van der Waals surface area contributed by atoms with Crippen molar-refractivity contribution in [2.75, 3.05) is 0 Å². The van der Waals surface area contributed by atoms with Crippen molar-refractivity contribution >= 4 is 21.3 Å². The van der Waals surface area contributed by atoms with Gasteiger partial charge in [-0.1, -0.05) is 6.92 Å². The van der Waals surface area contributed by atoms with E-state index in [0.717, 1.165) is 6.42 Å². The predicted octanol–water partition coefficient (Wildman–Crippen LogP) is 1.33. The number of nitrogens with two attached hydrogens (primary N) is 1. The normalized spacial score (nSPS) is 11.7. The number of rotatable bonds is 4. The van der Waals surface area contributed by atoms with E-state index in [2.05, 4.69) is 4.18 Å². The highest BCUT2D eigenvalue weighted by Crippen LogP contribution is 2.20. The Morgan fingerprint density at radius 2 is 2.05 bits per heavy atom. The van der Waals surface area contributed by atoms with E-state index in [4.69, 9.17) is 9.56 Å². The second-order valence-electron chi connectivity index (χ2n) is 4.06. The molecule has 0 radical (unpaired) electrons. The first-order valence-corrected chi connectivity index (χ1v) is 7.15. The minimum Gasteiger partial charge on any atom is -0.461 e. The second kappa shape index (κ2) is 5.02. The van der Waals surface area contributed by atoms with Crippen molar-refractivity contribution in [1.82, 2.24) is 0 Å². The monoisotopic (exact) mass is 283 g/mol. The molecule has 0 aliphatic rings. The van der Waals surface area contributed by atoms with Crippen molar-refractivity contribution in [3.05, 3.63) is 40.2 Å². The first kappa shape index (κ1) is 13.6. The number of fused-ring (bicyclic) bond motifs is 1. The van der Waals surface area contributed by atoms with E-state index in [1.54, 1.807) is 0 Å². The fourth-order valence-electron chi connectivity index (χ4n) is 1.74. The van der Waals surface area contributed by atoms with Crippen LogP contribution < -0.4 is 14.8 Å². The fourth-order valence-corrected chi connectivity index (χ4v) is 2.11. The third kappa shape index (κ3) is 3.33. The van der Waals surface area contributed by atoms with E-state index in [9.17, 15) is 13.2 Å². The molecule has 0 spiro atoms. The largest absolute Gasteiger partial charge is 0.461 e. The molecule has 0 unspecified atom stereocenters. The average molecular weight is 283 g/mol. The summed E-state index contributed by atoms with van der Waals surface area (Å²) < 4.78 is 31.7. The Balaban J connectivity index is 2.52. The number of benzene rings is 1. The Morgan fingerprint density at radius 3 is 2.68 bits per heavy atom. The molecule has 6 nitrogen and oxygen atoms in total. The average Bonchev–Trinajstić information content (AvgIpc) is 2.28. The van der Waals surface area contributed by atoms with Crippen molar-refractivity contribution in [2.24, 2.45) is 5.14 Å². The summed E-state index contributed by atoms with van der Waals surface area (Å²) in [6, 6.07) is 5.55. The summed E-state index contributed by atoms with van der Waals surface area (Å²) in [4.78, 5) is 11.9. The highest BCUT2D eigenvalue weighted by Gasteiger charge is 2.09. The molecule has 19 heavy (non-hydrogen) atoms. The van der Waals surface area contributed by atoms with E-state index in [1.165, 1.54) is 24.3 Å². The first-order chi connectivity index (χ1) is 8.89. The van der Waals surface area contributed by atoms with Gasteiger partial charge in [-0.15, -0.1) is 0 Å². The third-order valence-corrected chi connectivity index (χ3v) is 2.88. The molecule has 1 aromatic carbocycles. The molecule has 0 bridgehead atoms. The van der Waals surface area contributed by atoms with Crippen LogP contribution in [-0.4, -0.2) is 8.42 Å². The van der Waals surface area contributed by atoms with Crippen LogP contribution in [0.1, 0.15) is 19.1 Å². The first-order valence-electron chi connectivity index (χ1n) is 5.68. The van der Waals surface area contributed by atoms with E-state index in [-0.39, 0.29) is 16.6 Å². The summed E-state index contributed by atoms with van der Waals surface area (Å²) >= 11 is 0. The number of aryl methyl sites for hydroxylation is 1. The van der Waals surface area contributed by atoms with Gasteiger partial charge in [0, 0.05) is 12.5 Å². The molecule has 1 heterocycles. The fraction of sp³-hybridized carbons (Fsp3) is 0.250. The Morgan fingerprint density at radius 1 is 1.32 bits per heavy atom. The molecule has 2 N–H and O–H groups in total. The molecule has 0 aliphatic heterocycles. The summed E-state index contributed by atoms with van der Waals surface area (Å²) in [7, 11) is -4.11. The molecule has 1 aromatic heterocycles. The highest BCUT2D eigenvalue weighted by molar-refractivity contribution is 7.84. The molecule has 0 amide bonds. The van der Waals surface area contributed by atoms with Crippen molar-refractivity contribution in [2.45, 2.75) is 19.8 Å². The molecule has 0 saturated carbocycles. The quantitative estimate of drug-likeness (QED) is 0.912. The van der Waals surface area contributed by atoms with E-state index in [0.29, 0.717) is 17.8 Å². The van der Waals surface area contributed by atoms with Crippen LogP contribution in [0.3, 0.4) is 0 Å². The predicted molar refractivity (Wildman–Crippen MR) is 70.2 cm³/mol. The van der Waals surface area contributed by atoms with Gasteiger partial charge in [0.2, 0.25) is 0 Å². The van der Waals surface area contributed by atoms with Gasteiger partial charge in [0.25, 0.3) is 0 Å². The molecular formula is C12H13NO5S. The van der Waals surface area contributed by atoms with Crippen LogP contribution >= 0.6 is 0 Å². The van der Waals surface area contributed by atoms with Crippen LogP contribution in [-0.2, 0) is 16.7 Å². The number of hydrogen-bond acceptors (Lipinski definition) is 5. The SMILES string of the molecule is CCCc1cc(=O)c2cc(OS(N)(=O)=O)ccc2o1. The Hall–Kier alpha value is -1.86. The summed E-state index contributed by atoms with van der Waals surface area (Å²) in [6.45, 7) is 1.98. The lowest BCUT2D eigenvalue weighted by Gasteiger charge is -2.04. The maximum Gasteiger partial charge on any atom is 0.380 e. The topological polar surface area (TPSA) is 99.6 Å². The molecule has 0 fully saturated rings. The molecule has 2 rings (SSSR count). The Bertz CT molecular complexity index is 763. The van der Waals surface area contributed by atoms with Gasteiger partial charge in [-0.3, -0.25) is 4.79 Å². The zero-order valence-electron chi connectivity index (χ0n) is 10.3. The second-order valence-corrected chi connectivity index (χ2v) is 5.21. The van der Waals surface area contributed by atoms with Crippen LogP contribution in [0.15, 0.2) is 33.5 Å². The highest BCUT2D eigenvalue weighted by atomic mass is 32.2. The minimum atomic E-state index is -4.11. The van der Waals surface area contributed by atoms with Gasteiger partial charge in [-0.2, -0.15) is 13.6 Å². The molecule has 7 heteroatoms. The van der Waals surface area contributed by atoms with Gasteiger partial charge in [0.05, 0.1) is 5.39 Å². The smallest absolute Gasteiger partial charge is 0.380 e. The van der Waals surface area contributed by atoms with Gasteiger partial charge in [-0.25, -0.2) is 0 Å². The summed E-state index contributed by atoms with van der Waals surface area (Å²) in [6.07, 6.45) is 1.53. The van der Waals surface area contributed by atoms with Crippen LogP contribution in [0, 0.1) is 0 Å². The maximum absolute atomic E-state index is 11.9. The van der Waals surface area contributed by atoms with E-state index in [1.807, 2.05) is 6.92 Å². The van der Waals surface area contributed by atoms with Gasteiger partial charge in [0.1, 0.15) is 17.1 Å². The van der Waals surface area contributed by atoms with Crippen molar-refractivity contribution < 1.29 is 17.0 Å². The standard InChI is InChI=1S/C12H13NO5S/c1-2-3-8-7-11(14)10-6-9(18-19(13,15)16)4-5-12(10)17-8/h4-7H,2-3H2,1H3,(H2,13,15,16). The van der Waals surface area contributed by atoms with Crippen LogP contribution in [0.5, 0.6) is 5.75 Å². The van der Waals surface area contributed by atoms with Gasteiger partial charge < -0.3 is 8.60 Å². The lowest BCUT2D eigenvalue weighted by Crippen LogP contribution is -2.19. The summed E-state index contributed by atoms with van der Waals surface area (Å²) in [5, 5.41) is 5.01.